The second kappa shape index (κ2) is 8.42. The summed E-state index contributed by atoms with van der Waals surface area (Å²) >= 11 is 0. The number of hydrogen-bond donors (Lipinski definition) is 4. The number of aliphatic hydroxyl groups is 1. The van der Waals surface area contributed by atoms with E-state index >= 15 is 0 Å². The van der Waals surface area contributed by atoms with Crippen molar-refractivity contribution >= 4 is 17.9 Å². The van der Waals surface area contributed by atoms with Crippen LogP contribution in [0.15, 0.2) is 0 Å². The Hall–Kier alpha value is -1.87. The Balaban J connectivity index is 2.26. The molecule has 1 heterocycles. The number of hydrogen-bond acceptors (Lipinski definition) is 5. The molecule has 0 radical (unpaired) electrons. The van der Waals surface area contributed by atoms with E-state index < -0.39 is 24.1 Å². The van der Waals surface area contributed by atoms with Crippen molar-refractivity contribution in [3.05, 3.63) is 0 Å². The van der Waals surface area contributed by atoms with Crippen LogP contribution in [0, 0.1) is 0 Å². The molecule has 0 spiro atoms. The minimum absolute atomic E-state index is 0.0914. The van der Waals surface area contributed by atoms with Gasteiger partial charge in [0.1, 0.15) is 0 Å². The lowest BCUT2D eigenvalue weighted by molar-refractivity contribution is -0.141. The minimum atomic E-state index is -1.39. The van der Waals surface area contributed by atoms with Gasteiger partial charge in [-0.05, 0) is 6.92 Å². The van der Waals surface area contributed by atoms with Crippen molar-refractivity contribution in [1.29, 1.82) is 0 Å². The molecule has 0 aliphatic carbocycles. The number of rotatable bonds is 6. The molecule has 21 heavy (non-hydrogen) atoms. The van der Waals surface area contributed by atoms with Crippen LogP contribution in [-0.4, -0.2) is 78.0 Å². The number of aliphatic hydroxyl groups excluding tert-OH is 1. The van der Waals surface area contributed by atoms with E-state index in [4.69, 9.17) is 9.84 Å². The molecular formula is C12H21N3O6. The topological polar surface area (TPSA) is 128 Å². The largest absolute Gasteiger partial charge is 0.480 e. The normalized spacial score (nSPS) is 17.7. The van der Waals surface area contributed by atoms with Crippen LogP contribution in [0.2, 0.25) is 0 Å². The van der Waals surface area contributed by atoms with Crippen LogP contribution in [-0.2, 0) is 14.3 Å². The minimum Gasteiger partial charge on any atom is -0.480 e. The van der Waals surface area contributed by atoms with E-state index in [0.29, 0.717) is 26.3 Å². The number of nitrogens with zero attached hydrogens (tertiary/aromatic N) is 1. The van der Waals surface area contributed by atoms with Gasteiger partial charge in [0.05, 0.1) is 19.3 Å². The van der Waals surface area contributed by atoms with Crippen LogP contribution >= 0.6 is 0 Å². The van der Waals surface area contributed by atoms with E-state index in [-0.39, 0.29) is 18.9 Å². The van der Waals surface area contributed by atoms with Crippen molar-refractivity contribution in [3.63, 3.8) is 0 Å². The van der Waals surface area contributed by atoms with E-state index in [1.165, 1.54) is 6.92 Å². The van der Waals surface area contributed by atoms with Crippen LogP contribution in [0.25, 0.3) is 0 Å². The third kappa shape index (κ3) is 5.96. The Morgan fingerprint density at radius 2 is 1.90 bits per heavy atom. The van der Waals surface area contributed by atoms with Crippen molar-refractivity contribution in [3.8, 4) is 0 Å². The number of aliphatic carboxylic acids is 1. The molecule has 120 valence electrons. The van der Waals surface area contributed by atoms with Crippen LogP contribution in [0.5, 0.6) is 0 Å². The molecule has 9 nitrogen and oxygen atoms in total. The maximum absolute atomic E-state index is 11.8. The second-order valence-corrected chi connectivity index (χ2v) is 4.70. The maximum atomic E-state index is 11.8. The molecule has 1 fully saturated rings. The van der Waals surface area contributed by atoms with Gasteiger partial charge in [-0.2, -0.15) is 0 Å². The first-order valence-corrected chi connectivity index (χ1v) is 6.72. The fraction of sp³-hybridized carbons (Fsp3) is 0.750. The number of nitrogens with one attached hydrogen (secondary N) is 2. The summed E-state index contributed by atoms with van der Waals surface area (Å²) in [6.07, 6.45) is -1.09. The number of urea groups is 1. The number of carboxylic acid groups (broad SMARTS) is 1. The van der Waals surface area contributed by atoms with E-state index in [2.05, 4.69) is 10.6 Å². The first-order valence-electron chi connectivity index (χ1n) is 6.72. The van der Waals surface area contributed by atoms with Gasteiger partial charge < -0.3 is 30.5 Å². The SMILES string of the molecule is C[C@@H](O)[C@H](NC(=O)NCCC(=O)N1CCOCC1)C(=O)O. The molecule has 2 atom stereocenters. The zero-order valence-electron chi connectivity index (χ0n) is 11.9. The molecule has 9 heteroatoms. The Kier molecular flexibility index (Phi) is 6.89. The highest BCUT2D eigenvalue weighted by Crippen LogP contribution is 1.99. The lowest BCUT2D eigenvalue weighted by atomic mass is 10.2. The van der Waals surface area contributed by atoms with E-state index in [0.717, 1.165) is 0 Å². The van der Waals surface area contributed by atoms with Crippen molar-refractivity contribution in [2.75, 3.05) is 32.8 Å². The first-order chi connectivity index (χ1) is 9.91. The van der Waals surface area contributed by atoms with Crippen molar-refractivity contribution in [2.45, 2.75) is 25.5 Å². The molecule has 1 aliphatic rings. The van der Waals surface area contributed by atoms with E-state index in [9.17, 15) is 19.5 Å². The highest BCUT2D eigenvalue weighted by molar-refractivity contribution is 5.83. The highest BCUT2D eigenvalue weighted by Gasteiger charge is 2.25. The number of ether oxygens (including phenoxy) is 1. The fourth-order valence-electron chi connectivity index (χ4n) is 1.83. The summed E-state index contributed by atoms with van der Waals surface area (Å²) in [5.41, 5.74) is 0. The van der Waals surface area contributed by atoms with E-state index in [1.54, 1.807) is 4.90 Å². The predicted molar refractivity (Wildman–Crippen MR) is 71.7 cm³/mol. The summed E-state index contributed by atoms with van der Waals surface area (Å²) < 4.78 is 5.13. The smallest absolute Gasteiger partial charge is 0.328 e. The maximum Gasteiger partial charge on any atom is 0.328 e. The molecule has 1 saturated heterocycles. The quantitative estimate of drug-likeness (QED) is 0.466. The van der Waals surface area contributed by atoms with Gasteiger partial charge in [-0.1, -0.05) is 0 Å². The van der Waals surface area contributed by atoms with Crippen LogP contribution < -0.4 is 10.6 Å². The highest BCUT2D eigenvalue weighted by atomic mass is 16.5. The molecular weight excluding hydrogens is 282 g/mol. The fourth-order valence-corrected chi connectivity index (χ4v) is 1.83. The van der Waals surface area contributed by atoms with Gasteiger partial charge in [-0.3, -0.25) is 4.79 Å². The number of carbonyl (C=O) groups is 3. The molecule has 3 amide bonds. The van der Waals surface area contributed by atoms with Gasteiger partial charge >= 0.3 is 12.0 Å². The molecule has 1 aliphatic heterocycles. The zero-order valence-corrected chi connectivity index (χ0v) is 11.9. The molecule has 0 aromatic heterocycles. The lowest BCUT2D eigenvalue weighted by Crippen LogP contribution is -2.51. The van der Waals surface area contributed by atoms with Crippen LogP contribution in [0.3, 0.4) is 0 Å². The molecule has 0 aromatic rings. The van der Waals surface area contributed by atoms with Gasteiger partial charge in [0, 0.05) is 26.1 Å². The standard InChI is InChI=1S/C12H21N3O6/c1-8(16)10(11(18)19)14-12(20)13-3-2-9(17)15-4-6-21-7-5-15/h8,10,16H,2-7H2,1H3,(H,18,19)(H2,13,14,20)/t8-,10+/m1/s1. The summed E-state index contributed by atoms with van der Waals surface area (Å²) in [6, 6.07) is -2.13. The number of carboxylic acids is 1. The van der Waals surface area contributed by atoms with Gasteiger partial charge in [-0.25, -0.2) is 9.59 Å². The lowest BCUT2D eigenvalue weighted by Gasteiger charge is -2.26. The molecule has 4 N–H and O–H groups in total. The van der Waals surface area contributed by atoms with Crippen LogP contribution in [0.1, 0.15) is 13.3 Å². The van der Waals surface area contributed by atoms with Crippen molar-refractivity contribution in [1.82, 2.24) is 15.5 Å². The molecule has 0 unspecified atom stereocenters. The molecule has 1 rings (SSSR count). The second-order valence-electron chi connectivity index (χ2n) is 4.70. The molecule has 0 bridgehead atoms. The monoisotopic (exact) mass is 303 g/mol. The molecule has 0 saturated carbocycles. The number of morpholine rings is 1. The summed E-state index contributed by atoms with van der Waals surface area (Å²) in [7, 11) is 0. The average molecular weight is 303 g/mol. The predicted octanol–water partition coefficient (Wildman–Crippen LogP) is -1.63. The Bertz CT molecular complexity index is 381. The molecule has 0 aromatic carbocycles. The van der Waals surface area contributed by atoms with Gasteiger partial charge in [0.15, 0.2) is 6.04 Å². The number of carbonyl (C=O) groups excluding carboxylic acids is 2. The Labute approximate surface area is 122 Å². The third-order valence-corrected chi connectivity index (χ3v) is 3.02. The summed E-state index contributed by atoms with van der Waals surface area (Å²) in [4.78, 5) is 35.7. The van der Waals surface area contributed by atoms with E-state index in [1.807, 2.05) is 0 Å². The first kappa shape index (κ1) is 17.2. The van der Waals surface area contributed by atoms with Crippen molar-refractivity contribution < 1.29 is 29.3 Å². The Morgan fingerprint density at radius 1 is 1.29 bits per heavy atom. The third-order valence-electron chi connectivity index (χ3n) is 3.02. The zero-order chi connectivity index (χ0) is 15.8. The average Bonchev–Trinajstić information content (AvgIpc) is 2.45. The summed E-state index contributed by atoms with van der Waals surface area (Å²) in [5.74, 6) is -1.42. The van der Waals surface area contributed by atoms with Gasteiger partial charge in [0.25, 0.3) is 0 Å². The van der Waals surface area contributed by atoms with Gasteiger partial charge in [0.2, 0.25) is 5.91 Å². The van der Waals surface area contributed by atoms with Crippen molar-refractivity contribution in [2.24, 2.45) is 0 Å². The number of amides is 3. The van der Waals surface area contributed by atoms with Crippen LogP contribution in [0.4, 0.5) is 4.79 Å². The Morgan fingerprint density at radius 3 is 2.43 bits per heavy atom. The summed E-state index contributed by atoms with van der Waals surface area (Å²) in [5, 5.41) is 22.5. The summed E-state index contributed by atoms with van der Waals surface area (Å²) in [6.45, 7) is 3.44. The van der Waals surface area contributed by atoms with Gasteiger partial charge in [-0.15, -0.1) is 0 Å².